The number of aliphatic imine (C=N–C) groups is 1. The topological polar surface area (TPSA) is 41.6 Å². The lowest BCUT2D eigenvalue weighted by Crippen LogP contribution is -2.31. The van der Waals surface area contributed by atoms with Crippen molar-refractivity contribution < 1.29 is 4.39 Å². The molecule has 3 nitrogen and oxygen atoms in total. The number of thioether (sulfide) groups is 1. The number of nitrogens with two attached hydrogens (primary N) is 1. The number of fused-ring (bicyclic) bond motifs is 2. The second-order valence-corrected chi connectivity index (χ2v) is 6.61. The molecule has 0 bridgehead atoms. The molecule has 23 heavy (non-hydrogen) atoms. The molecule has 1 aromatic rings. The van der Waals surface area contributed by atoms with Gasteiger partial charge in [-0.2, -0.15) is 0 Å². The van der Waals surface area contributed by atoms with Gasteiger partial charge in [0.05, 0.1) is 11.4 Å². The molecule has 116 valence electrons. The summed E-state index contributed by atoms with van der Waals surface area (Å²) in [7, 11) is 0. The highest BCUT2D eigenvalue weighted by molar-refractivity contribution is 8.17. The van der Waals surface area contributed by atoms with E-state index in [4.69, 9.17) is 10.7 Å². The fourth-order valence-corrected chi connectivity index (χ4v) is 4.01. The van der Waals surface area contributed by atoms with Crippen LogP contribution in [-0.4, -0.2) is 23.2 Å². The number of halogens is 1. The molecule has 3 aliphatic rings. The highest BCUT2D eigenvalue weighted by Crippen LogP contribution is 2.42. The van der Waals surface area contributed by atoms with Crippen LogP contribution in [-0.2, 0) is 0 Å². The normalized spacial score (nSPS) is 19.7. The summed E-state index contributed by atoms with van der Waals surface area (Å²) in [5, 5.41) is 0.978. The van der Waals surface area contributed by atoms with Crippen molar-refractivity contribution in [3.63, 3.8) is 0 Å². The Morgan fingerprint density at radius 2 is 2.04 bits per heavy atom. The van der Waals surface area contributed by atoms with Crippen LogP contribution >= 0.6 is 11.8 Å². The highest BCUT2D eigenvalue weighted by atomic mass is 32.2. The van der Waals surface area contributed by atoms with Crippen molar-refractivity contribution in [3.05, 3.63) is 76.1 Å². The van der Waals surface area contributed by atoms with E-state index in [9.17, 15) is 4.39 Å². The maximum atomic E-state index is 13.2. The molecule has 0 unspecified atom stereocenters. The second-order valence-electron chi connectivity index (χ2n) is 5.55. The molecule has 2 N–H and O–H groups in total. The van der Waals surface area contributed by atoms with E-state index in [1.54, 1.807) is 23.9 Å². The summed E-state index contributed by atoms with van der Waals surface area (Å²) in [6, 6.07) is 6.46. The van der Waals surface area contributed by atoms with Crippen LogP contribution in [0.4, 0.5) is 4.39 Å². The van der Waals surface area contributed by atoms with Gasteiger partial charge in [-0.1, -0.05) is 30.0 Å². The Balaban J connectivity index is 1.73. The third-order valence-electron chi connectivity index (χ3n) is 4.08. The van der Waals surface area contributed by atoms with Crippen LogP contribution in [0.2, 0.25) is 0 Å². The van der Waals surface area contributed by atoms with Gasteiger partial charge in [-0.05, 0) is 42.3 Å². The van der Waals surface area contributed by atoms with Gasteiger partial charge in [-0.25, -0.2) is 9.38 Å². The van der Waals surface area contributed by atoms with E-state index in [1.807, 2.05) is 0 Å². The number of nitrogens with zero attached hydrogens (tertiary/aromatic N) is 2. The van der Waals surface area contributed by atoms with E-state index in [-0.39, 0.29) is 5.82 Å². The molecule has 0 aromatic heterocycles. The van der Waals surface area contributed by atoms with Crippen LogP contribution < -0.4 is 5.73 Å². The van der Waals surface area contributed by atoms with E-state index in [1.165, 1.54) is 22.7 Å². The Kier molecular flexibility index (Phi) is 3.67. The second kappa shape index (κ2) is 5.83. The zero-order chi connectivity index (χ0) is 15.8. The van der Waals surface area contributed by atoms with Crippen LogP contribution in [0.15, 0.2) is 69.7 Å². The molecule has 0 spiro atoms. The van der Waals surface area contributed by atoms with Crippen LogP contribution in [0.25, 0.3) is 5.70 Å². The molecule has 0 fully saturated rings. The molecule has 0 saturated carbocycles. The fourth-order valence-electron chi connectivity index (χ4n) is 2.91. The molecule has 0 atom stereocenters. The van der Waals surface area contributed by atoms with Gasteiger partial charge in [0.25, 0.3) is 0 Å². The monoisotopic (exact) mass is 325 g/mol. The SMILES string of the molecule is NCC1=C(c2ccc(F)cc2)N=C2SC3=C(C=CC=CC3)N2C1. The minimum absolute atomic E-state index is 0.241. The van der Waals surface area contributed by atoms with Crippen molar-refractivity contribution in [2.75, 3.05) is 13.1 Å². The molecule has 1 aromatic carbocycles. The Morgan fingerprint density at radius 1 is 1.22 bits per heavy atom. The maximum absolute atomic E-state index is 13.2. The van der Waals surface area contributed by atoms with Crippen LogP contribution in [0, 0.1) is 5.82 Å². The van der Waals surface area contributed by atoms with E-state index >= 15 is 0 Å². The van der Waals surface area contributed by atoms with E-state index < -0.39 is 0 Å². The Labute approximate surface area is 138 Å². The number of hydrogen-bond acceptors (Lipinski definition) is 4. The summed E-state index contributed by atoms with van der Waals surface area (Å²) < 4.78 is 13.2. The predicted octanol–water partition coefficient (Wildman–Crippen LogP) is 3.64. The lowest BCUT2D eigenvalue weighted by Gasteiger charge is -2.27. The highest BCUT2D eigenvalue weighted by Gasteiger charge is 2.32. The summed E-state index contributed by atoms with van der Waals surface area (Å²) in [5.74, 6) is -0.241. The third kappa shape index (κ3) is 2.56. The molecule has 5 heteroatoms. The first-order chi connectivity index (χ1) is 11.3. The molecule has 4 rings (SSSR count). The van der Waals surface area contributed by atoms with Crippen molar-refractivity contribution in [1.82, 2.24) is 4.90 Å². The summed E-state index contributed by atoms with van der Waals surface area (Å²) >= 11 is 1.71. The average molecular weight is 325 g/mol. The van der Waals surface area contributed by atoms with Gasteiger partial charge in [0, 0.05) is 23.6 Å². The Hall–Kier alpha value is -2.11. The van der Waals surface area contributed by atoms with Gasteiger partial charge >= 0.3 is 0 Å². The molecule has 1 aliphatic carbocycles. The Bertz CT molecular complexity index is 800. The number of rotatable bonds is 2. The van der Waals surface area contributed by atoms with Crippen molar-refractivity contribution in [3.8, 4) is 0 Å². The third-order valence-corrected chi connectivity index (χ3v) is 5.20. The first-order valence-corrected chi connectivity index (χ1v) is 8.36. The standard InChI is InChI=1S/C18H16FN3S/c19-14-8-6-12(7-9-14)17-13(10-20)11-22-15-4-2-1-3-5-16(15)23-18(22)21-17/h1-4,6-9H,5,10-11,20H2. The minimum Gasteiger partial charge on any atom is -0.327 e. The van der Waals surface area contributed by atoms with Crippen LogP contribution in [0.1, 0.15) is 12.0 Å². The van der Waals surface area contributed by atoms with Crippen molar-refractivity contribution in [1.29, 1.82) is 0 Å². The number of allylic oxidation sites excluding steroid dienone is 5. The summed E-state index contributed by atoms with van der Waals surface area (Å²) in [6.45, 7) is 1.17. The quantitative estimate of drug-likeness (QED) is 0.902. The molecule has 2 heterocycles. The van der Waals surface area contributed by atoms with Crippen molar-refractivity contribution >= 4 is 22.6 Å². The first kappa shape index (κ1) is 14.5. The molecular weight excluding hydrogens is 309 g/mol. The average Bonchev–Trinajstić information content (AvgIpc) is 2.75. The molecule has 2 aliphatic heterocycles. The lowest BCUT2D eigenvalue weighted by molar-refractivity contribution is 0.573. The maximum Gasteiger partial charge on any atom is 0.173 e. The van der Waals surface area contributed by atoms with Gasteiger partial charge in [0.1, 0.15) is 5.82 Å². The van der Waals surface area contributed by atoms with E-state index in [0.29, 0.717) is 6.54 Å². The van der Waals surface area contributed by atoms with Gasteiger partial charge in [-0.15, -0.1) is 0 Å². The number of hydrogen-bond donors (Lipinski definition) is 1. The van der Waals surface area contributed by atoms with Crippen molar-refractivity contribution in [2.45, 2.75) is 6.42 Å². The number of benzene rings is 1. The fraction of sp³-hybridized carbons (Fsp3) is 0.167. The minimum atomic E-state index is -0.241. The van der Waals surface area contributed by atoms with Gasteiger partial charge in [0.2, 0.25) is 0 Å². The first-order valence-electron chi connectivity index (χ1n) is 7.55. The molecular formula is C18H16FN3S. The molecule has 0 radical (unpaired) electrons. The van der Waals surface area contributed by atoms with Gasteiger partial charge in [0.15, 0.2) is 5.17 Å². The summed E-state index contributed by atoms with van der Waals surface area (Å²) in [4.78, 5) is 8.37. The van der Waals surface area contributed by atoms with E-state index in [2.05, 4.69) is 29.2 Å². The smallest absolute Gasteiger partial charge is 0.173 e. The Morgan fingerprint density at radius 3 is 2.83 bits per heavy atom. The summed E-state index contributed by atoms with van der Waals surface area (Å²) in [6.07, 6.45) is 9.34. The molecule has 0 saturated heterocycles. The van der Waals surface area contributed by atoms with Gasteiger partial charge < -0.3 is 10.6 Å². The number of amidine groups is 1. The largest absolute Gasteiger partial charge is 0.327 e. The van der Waals surface area contributed by atoms with E-state index in [0.717, 1.165) is 35.0 Å². The lowest BCUT2D eigenvalue weighted by atomic mass is 10.0. The summed E-state index contributed by atoms with van der Waals surface area (Å²) in [5.41, 5.74) is 10.0. The van der Waals surface area contributed by atoms with Crippen LogP contribution in [0.3, 0.4) is 0 Å². The predicted molar refractivity (Wildman–Crippen MR) is 94.0 cm³/mol. The molecule has 0 amide bonds. The zero-order valence-corrected chi connectivity index (χ0v) is 13.3. The van der Waals surface area contributed by atoms with Crippen molar-refractivity contribution in [2.24, 2.45) is 10.7 Å². The van der Waals surface area contributed by atoms with Crippen LogP contribution in [0.5, 0.6) is 0 Å². The van der Waals surface area contributed by atoms with Gasteiger partial charge in [-0.3, -0.25) is 0 Å². The zero-order valence-electron chi connectivity index (χ0n) is 12.5.